The summed E-state index contributed by atoms with van der Waals surface area (Å²) in [4.78, 5) is 0. The first-order chi connectivity index (χ1) is 3.93. The summed E-state index contributed by atoms with van der Waals surface area (Å²) in [6, 6.07) is 0. The van der Waals surface area contributed by atoms with Gasteiger partial charge in [0.15, 0.2) is 0 Å². The average molecular weight is 116 g/mol. The second-order valence-corrected chi connectivity index (χ2v) is 2.24. The molecule has 0 radical (unpaired) electrons. The van der Waals surface area contributed by atoms with Crippen LogP contribution in [0.25, 0.3) is 0 Å². The number of ether oxygens (including phenoxy) is 1. The molecule has 0 unspecified atom stereocenters. The molecule has 1 N–H and O–H groups in total. The third-order valence-electron chi connectivity index (χ3n) is 1.29. The van der Waals surface area contributed by atoms with Crippen LogP contribution < -0.4 is 0 Å². The monoisotopic (exact) mass is 116 g/mol. The largest absolute Gasteiger partial charge is 0.394 e. The van der Waals surface area contributed by atoms with Gasteiger partial charge in [0.2, 0.25) is 0 Å². The molecule has 0 aromatic rings. The molecule has 1 aliphatic rings. The molecule has 0 spiro atoms. The van der Waals surface area contributed by atoms with Gasteiger partial charge in [-0.15, -0.1) is 0 Å². The topological polar surface area (TPSA) is 29.5 Å². The van der Waals surface area contributed by atoms with Crippen molar-refractivity contribution in [3.63, 3.8) is 0 Å². The summed E-state index contributed by atoms with van der Waals surface area (Å²) in [6.45, 7) is 1.53. The van der Waals surface area contributed by atoms with Crippen LogP contribution in [-0.2, 0) is 4.74 Å². The Morgan fingerprint density at radius 3 is 2.75 bits per heavy atom. The van der Waals surface area contributed by atoms with Gasteiger partial charge in [-0.3, -0.25) is 0 Å². The first kappa shape index (κ1) is 6.05. The minimum absolute atomic E-state index is 0.159. The van der Waals surface area contributed by atoms with E-state index in [4.69, 9.17) is 9.84 Å². The quantitative estimate of drug-likeness (QED) is 0.539. The van der Waals surface area contributed by atoms with Gasteiger partial charge in [0.05, 0.1) is 13.2 Å². The predicted molar refractivity (Wildman–Crippen MR) is 30.6 cm³/mol. The van der Waals surface area contributed by atoms with Gasteiger partial charge in [-0.05, 0) is 18.8 Å². The fourth-order valence-electron chi connectivity index (χ4n) is 0.599. The van der Waals surface area contributed by atoms with Crippen molar-refractivity contribution < 1.29 is 9.84 Å². The molecule has 0 amide bonds. The molecule has 2 heteroatoms. The van der Waals surface area contributed by atoms with Crippen molar-refractivity contribution in [1.82, 2.24) is 0 Å². The normalized spacial score (nSPS) is 19.1. The van der Waals surface area contributed by atoms with Crippen molar-refractivity contribution >= 4 is 0 Å². The second kappa shape index (κ2) is 3.05. The molecule has 0 bridgehead atoms. The second-order valence-electron chi connectivity index (χ2n) is 2.24. The van der Waals surface area contributed by atoms with Crippen molar-refractivity contribution in [1.29, 1.82) is 0 Å². The van der Waals surface area contributed by atoms with Crippen molar-refractivity contribution in [2.75, 3.05) is 19.8 Å². The molecule has 1 saturated carbocycles. The standard InChI is InChI=1S/C6H12O2/c7-3-4-8-5-6-1-2-6/h6-7H,1-5H2. The average Bonchev–Trinajstić information content (AvgIpc) is 2.51. The smallest absolute Gasteiger partial charge is 0.0697 e. The fraction of sp³-hybridized carbons (Fsp3) is 1.00. The van der Waals surface area contributed by atoms with E-state index in [1.165, 1.54) is 12.8 Å². The summed E-state index contributed by atoms with van der Waals surface area (Å²) in [5.41, 5.74) is 0. The molecule has 48 valence electrons. The minimum Gasteiger partial charge on any atom is -0.394 e. The lowest BCUT2D eigenvalue weighted by molar-refractivity contribution is 0.0854. The number of rotatable bonds is 4. The predicted octanol–water partition coefficient (Wildman–Crippen LogP) is 0.405. The lowest BCUT2D eigenvalue weighted by Gasteiger charge is -1.96. The van der Waals surface area contributed by atoms with Gasteiger partial charge in [-0.25, -0.2) is 0 Å². The molecule has 0 aliphatic heterocycles. The van der Waals surface area contributed by atoms with Crippen LogP contribution in [0.15, 0.2) is 0 Å². The highest BCUT2D eigenvalue weighted by molar-refractivity contribution is 4.71. The van der Waals surface area contributed by atoms with E-state index >= 15 is 0 Å². The molecule has 0 heterocycles. The lowest BCUT2D eigenvalue weighted by atomic mass is 10.5. The Kier molecular flexibility index (Phi) is 2.30. The Labute approximate surface area is 49.5 Å². The fourth-order valence-corrected chi connectivity index (χ4v) is 0.599. The summed E-state index contributed by atoms with van der Waals surface area (Å²) in [5, 5.41) is 8.27. The molecule has 8 heavy (non-hydrogen) atoms. The van der Waals surface area contributed by atoms with Crippen LogP contribution in [0.5, 0.6) is 0 Å². The molecule has 1 aliphatic carbocycles. The summed E-state index contributed by atoms with van der Waals surface area (Å²) in [7, 11) is 0. The Hall–Kier alpha value is -0.0800. The first-order valence-corrected chi connectivity index (χ1v) is 3.12. The zero-order valence-electron chi connectivity index (χ0n) is 4.97. The van der Waals surface area contributed by atoms with Gasteiger partial charge >= 0.3 is 0 Å². The molecule has 0 aromatic heterocycles. The van der Waals surface area contributed by atoms with E-state index in [0.29, 0.717) is 6.61 Å². The van der Waals surface area contributed by atoms with Crippen molar-refractivity contribution in [2.45, 2.75) is 12.8 Å². The van der Waals surface area contributed by atoms with Crippen LogP contribution in [-0.4, -0.2) is 24.9 Å². The van der Waals surface area contributed by atoms with Gasteiger partial charge in [-0.2, -0.15) is 0 Å². The summed E-state index contributed by atoms with van der Waals surface area (Å²) in [5.74, 6) is 0.821. The Bertz CT molecular complexity index is 59.5. The number of aliphatic hydroxyl groups excluding tert-OH is 1. The van der Waals surface area contributed by atoms with Crippen LogP contribution in [0.2, 0.25) is 0 Å². The number of hydrogen-bond donors (Lipinski definition) is 1. The third kappa shape index (κ3) is 2.28. The van der Waals surface area contributed by atoms with E-state index in [2.05, 4.69) is 0 Å². The molecule has 2 nitrogen and oxygen atoms in total. The molecular weight excluding hydrogens is 104 g/mol. The number of aliphatic hydroxyl groups is 1. The van der Waals surface area contributed by atoms with E-state index in [1.54, 1.807) is 0 Å². The van der Waals surface area contributed by atoms with Crippen molar-refractivity contribution in [2.24, 2.45) is 5.92 Å². The van der Waals surface area contributed by atoms with Crippen LogP contribution >= 0.6 is 0 Å². The summed E-state index contributed by atoms with van der Waals surface area (Å²) in [6.07, 6.45) is 2.65. The van der Waals surface area contributed by atoms with Crippen LogP contribution in [0.3, 0.4) is 0 Å². The molecule has 0 saturated heterocycles. The van der Waals surface area contributed by atoms with Crippen LogP contribution in [0.1, 0.15) is 12.8 Å². The van der Waals surface area contributed by atoms with Crippen molar-refractivity contribution in [3.05, 3.63) is 0 Å². The van der Waals surface area contributed by atoms with E-state index in [1.807, 2.05) is 0 Å². The third-order valence-corrected chi connectivity index (χ3v) is 1.29. The number of hydrogen-bond acceptors (Lipinski definition) is 2. The zero-order valence-corrected chi connectivity index (χ0v) is 4.97. The summed E-state index contributed by atoms with van der Waals surface area (Å²) < 4.78 is 5.06. The molecular formula is C6H12O2. The van der Waals surface area contributed by atoms with Gasteiger partial charge in [0, 0.05) is 6.61 Å². The molecule has 0 atom stereocenters. The Morgan fingerprint density at radius 1 is 1.50 bits per heavy atom. The van der Waals surface area contributed by atoms with Gasteiger partial charge in [0.1, 0.15) is 0 Å². The highest BCUT2D eigenvalue weighted by Crippen LogP contribution is 2.28. The molecule has 1 rings (SSSR count). The lowest BCUT2D eigenvalue weighted by Crippen LogP contribution is -2.01. The molecule has 1 fully saturated rings. The maximum Gasteiger partial charge on any atom is 0.0697 e. The van der Waals surface area contributed by atoms with Gasteiger partial charge < -0.3 is 9.84 Å². The molecule has 0 aromatic carbocycles. The Morgan fingerprint density at radius 2 is 2.25 bits per heavy atom. The van der Waals surface area contributed by atoms with E-state index in [0.717, 1.165) is 12.5 Å². The zero-order chi connectivity index (χ0) is 5.82. The van der Waals surface area contributed by atoms with Crippen LogP contribution in [0, 0.1) is 5.92 Å². The highest BCUT2D eigenvalue weighted by atomic mass is 16.5. The van der Waals surface area contributed by atoms with Gasteiger partial charge in [0.25, 0.3) is 0 Å². The van der Waals surface area contributed by atoms with Gasteiger partial charge in [-0.1, -0.05) is 0 Å². The highest BCUT2D eigenvalue weighted by Gasteiger charge is 2.20. The van der Waals surface area contributed by atoms with E-state index in [-0.39, 0.29) is 6.61 Å². The maximum atomic E-state index is 8.27. The SMILES string of the molecule is OCCOCC1CC1. The van der Waals surface area contributed by atoms with E-state index in [9.17, 15) is 0 Å². The Balaban J connectivity index is 1.74. The summed E-state index contributed by atoms with van der Waals surface area (Å²) >= 11 is 0. The maximum absolute atomic E-state index is 8.27. The van der Waals surface area contributed by atoms with Crippen molar-refractivity contribution in [3.8, 4) is 0 Å². The van der Waals surface area contributed by atoms with E-state index < -0.39 is 0 Å². The van der Waals surface area contributed by atoms with Crippen LogP contribution in [0.4, 0.5) is 0 Å². The first-order valence-electron chi connectivity index (χ1n) is 3.12. The minimum atomic E-state index is 0.159.